The molecule has 0 saturated carbocycles. The van der Waals surface area contributed by atoms with Crippen molar-refractivity contribution in [1.82, 2.24) is 0 Å². The molecule has 0 aliphatic rings. The Morgan fingerprint density at radius 2 is 1.26 bits per heavy atom. The lowest BCUT2D eigenvalue weighted by Gasteiger charge is -2.02. The van der Waals surface area contributed by atoms with Crippen LogP contribution in [0.4, 0.5) is 5.69 Å². The van der Waals surface area contributed by atoms with Crippen LogP contribution in [0.2, 0.25) is 0 Å². The van der Waals surface area contributed by atoms with Gasteiger partial charge in [-0.25, -0.2) is 0 Å². The van der Waals surface area contributed by atoms with Crippen molar-refractivity contribution in [3.63, 3.8) is 0 Å². The van der Waals surface area contributed by atoms with Gasteiger partial charge < -0.3 is 0 Å². The molecule has 0 spiro atoms. The minimum Gasteiger partial charge on any atom is -0.261 e. The molecule has 0 amide bonds. The third-order valence-corrected chi connectivity index (χ3v) is 4.43. The summed E-state index contributed by atoms with van der Waals surface area (Å²) in [6.45, 7) is 4.54. The highest BCUT2D eigenvalue weighted by atomic mass is 14.7. The molecular weight excluding hydrogens is 278 g/mol. The molecule has 0 fully saturated rings. The van der Waals surface area contributed by atoms with Gasteiger partial charge in [-0.05, 0) is 43.4 Å². The summed E-state index contributed by atoms with van der Waals surface area (Å²) in [5.41, 5.74) is 2.56. The highest BCUT2D eigenvalue weighted by molar-refractivity contribution is 5.63. The lowest BCUT2D eigenvalue weighted by Crippen LogP contribution is -1.86. The van der Waals surface area contributed by atoms with Crippen LogP contribution in [0.15, 0.2) is 29.3 Å². The van der Waals surface area contributed by atoms with Crippen molar-refractivity contribution >= 4 is 11.9 Å². The quantitative estimate of drug-likeness (QED) is 0.247. The van der Waals surface area contributed by atoms with E-state index in [1.54, 1.807) is 0 Å². The number of hydrogen-bond acceptors (Lipinski definition) is 1. The lowest BCUT2D eigenvalue weighted by molar-refractivity contribution is 0.607. The van der Waals surface area contributed by atoms with Gasteiger partial charge in [0.25, 0.3) is 0 Å². The number of nitrogens with zero attached hydrogens (tertiary/aromatic N) is 1. The van der Waals surface area contributed by atoms with E-state index in [0.29, 0.717) is 0 Å². The summed E-state index contributed by atoms with van der Waals surface area (Å²) in [5, 5.41) is 0. The molecule has 1 aromatic rings. The van der Waals surface area contributed by atoms with Gasteiger partial charge >= 0.3 is 0 Å². The molecule has 23 heavy (non-hydrogen) atoms. The van der Waals surface area contributed by atoms with Crippen molar-refractivity contribution in [2.45, 2.75) is 97.3 Å². The van der Waals surface area contributed by atoms with Crippen molar-refractivity contribution in [1.29, 1.82) is 0 Å². The average molecular weight is 316 g/mol. The third-order valence-electron chi connectivity index (χ3n) is 4.43. The van der Waals surface area contributed by atoms with E-state index in [0.717, 1.165) is 12.1 Å². The molecule has 0 heterocycles. The molecule has 0 aliphatic carbocycles. The predicted molar refractivity (Wildman–Crippen MR) is 105 cm³/mol. The summed E-state index contributed by atoms with van der Waals surface area (Å²) < 4.78 is 0. The summed E-state index contributed by atoms with van der Waals surface area (Å²) in [6.07, 6.45) is 19.3. The fourth-order valence-corrected chi connectivity index (χ4v) is 2.87. The summed E-state index contributed by atoms with van der Waals surface area (Å²) in [7, 11) is 0. The Morgan fingerprint density at radius 1 is 0.696 bits per heavy atom. The zero-order valence-corrected chi connectivity index (χ0v) is 15.5. The maximum Gasteiger partial charge on any atom is 0.0625 e. The molecule has 0 N–H and O–H groups in total. The highest BCUT2D eigenvalue weighted by Crippen LogP contribution is 2.15. The van der Waals surface area contributed by atoms with Gasteiger partial charge in [-0.15, -0.1) is 0 Å². The molecule has 0 radical (unpaired) electrons. The minimum atomic E-state index is 1.10. The first-order valence-corrected chi connectivity index (χ1v) is 9.98. The molecule has 1 heteroatoms. The first-order chi connectivity index (χ1) is 11.4. The molecular formula is C22H37N. The van der Waals surface area contributed by atoms with Crippen LogP contribution in [0.5, 0.6) is 0 Å². The van der Waals surface area contributed by atoms with Crippen LogP contribution >= 0.6 is 0 Å². The predicted octanol–water partition coefficient (Wildman–Crippen LogP) is 7.65. The Balaban J connectivity index is 2.12. The van der Waals surface area contributed by atoms with E-state index in [4.69, 9.17) is 0 Å². The SMILES string of the molecule is CCCCCCCC=Nc1ccc(CCCCCCCC)cc1. The first kappa shape index (κ1) is 19.9. The largest absolute Gasteiger partial charge is 0.261 e. The number of benzene rings is 1. The van der Waals surface area contributed by atoms with Gasteiger partial charge in [0.15, 0.2) is 0 Å². The van der Waals surface area contributed by atoms with E-state index in [1.807, 2.05) is 0 Å². The number of unbranched alkanes of at least 4 members (excludes halogenated alkanes) is 10. The first-order valence-electron chi connectivity index (χ1n) is 9.98. The van der Waals surface area contributed by atoms with Crippen LogP contribution in [-0.2, 0) is 6.42 Å². The Bertz CT molecular complexity index is 391. The molecule has 0 aromatic heterocycles. The number of rotatable bonds is 14. The number of aliphatic imine (C=N–C) groups is 1. The minimum absolute atomic E-state index is 1.10. The molecule has 0 saturated heterocycles. The van der Waals surface area contributed by atoms with Gasteiger partial charge in [0.1, 0.15) is 0 Å². The van der Waals surface area contributed by atoms with Gasteiger partial charge in [0, 0.05) is 6.21 Å². The summed E-state index contributed by atoms with van der Waals surface area (Å²) in [6, 6.07) is 8.83. The molecule has 0 unspecified atom stereocenters. The standard InChI is InChI=1S/C22H37N/c1-3-5-7-9-11-13-15-21-16-18-22(19-17-21)23-20-14-12-10-8-6-4-2/h16-20H,3-15H2,1-2H3. The molecule has 0 bridgehead atoms. The topological polar surface area (TPSA) is 12.4 Å². The average Bonchev–Trinajstić information content (AvgIpc) is 2.58. The van der Waals surface area contributed by atoms with Gasteiger partial charge in [-0.2, -0.15) is 0 Å². The van der Waals surface area contributed by atoms with E-state index in [-0.39, 0.29) is 0 Å². The van der Waals surface area contributed by atoms with Crippen molar-refractivity contribution in [3.05, 3.63) is 29.8 Å². The van der Waals surface area contributed by atoms with E-state index in [2.05, 4.69) is 49.3 Å². The van der Waals surface area contributed by atoms with Crippen molar-refractivity contribution in [2.75, 3.05) is 0 Å². The second-order valence-corrected chi connectivity index (χ2v) is 6.70. The van der Waals surface area contributed by atoms with Crippen LogP contribution in [-0.4, -0.2) is 6.21 Å². The Morgan fingerprint density at radius 3 is 1.91 bits per heavy atom. The molecule has 1 rings (SSSR count). The fourth-order valence-electron chi connectivity index (χ4n) is 2.87. The smallest absolute Gasteiger partial charge is 0.0625 e. The maximum atomic E-state index is 4.57. The number of hydrogen-bond donors (Lipinski definition) is 0. The third kappa shape index (κ3) is 11.1. The summed E-state index contributed by atoms with van der Waals surface area (Å²) in [5.74, 6) is 0. The normalized spacial score (nSPS) is 11.4. The van der Waals surface area contributed by atoms with Gasteiger partial charge in [-0.1, -0.05) is 83.8 Å². The van der Waals surface area contributed by atoms with Crippen molar-refractivity contribution in [3.8, 4) is 0 Å². The van der Waals surface area contributed by atoms with Gasteiger partial charge in [0.05, 0.1) is 5.69 Å². The summed E-state index contributed by atoms with van der Waals surface area (Å²) >= 11 is 0. The van der Waals surface area contributed by atoms with E-state index in [1.165, 1.54) is 82.6 Å². The van der Waals surface area contributed by atoms with Gasteiger partial charge in [-0.3, -0.25) is 4.99 Å². The van der Waals surface area contributed by atoms with E-state index in [9.17, 15) is 0 Å². The summed E-state index contributed by atoms with van der Waals surface area (Å²) in [4.78, 5) is 4.57. The van der Waals surface area contributed by atoms with E-state index < -0.39 is 0 Å². The number of aryl methyl sites for hydroxylation is 1. The molecule has 1 aromatic carbocycles. The molecule has 1 nitrogen and oxygen atoms in total. The van der Waals surface area contributed by atoms with Crippen LogP contribution in [0.1, 0.15) is 96.5 Å². The van der Waals surface area contributed by atoms with Crippen LogP contribution in [0.3, 0.4) is 0 Å². The van der Waals surface area contributed by atoms with Crippen LogP contribution in [0.25, 0.3) is 0 Å². The molecule has 0 aliphatic heterocycles. The second-order valence-electron chi connectivity index (χ2n) is 6.70. The maximum absolute atomic E-state index is 4.57. The van der Waals surface area contributed by atoms with Crippen molar-refractivity contribution < 1.29 is 0 Å². The second kappa shape index (κ2) is 14.5. The van der Waals surface area contributed by atoms with Crippen LogP contribution < -0.4 is 0 Å². The zero-order chi connectivity index (χ0) is 16.6. The Hall–Kier alpha value is -1.11. The van der Waals surface area contributed by atoms with E-state index >= 15 is 0 Å². The van der Waals surface area contributed by atoms with Crippen molar-refractivity contribution in [2.24, 2.45) is 4.99 Å². The lowest BCUT2D eigenvalue weighted by atomic mass is 10.0. The zero-order valence-electron chi connectivity index (χ0n) is 15.5. The van der Waals surface area contributed by atoms with Gasteiger partial charge in [0.2, 0.25) is 0 Å². The highest BCUT2D eigenvalue weighted by Gasteiger charge is 1.95. The van der Waals surface area contributed by atoms with Crippen LogP contribution in [0, 0.1) is 0 Å². The fraction of sp³-hybridized carbons (Fsp3) is 0.682. The monoisotopic (exact) mass is 315 g/mol. The molecule has 0 atom stereocenters. The molecule has 130 valence electrons. The Labute approximate surface area is 144 Å². The Kier molecular flexibility index (Phi) is 12.6.